The summed E-state index contributed by atoms with van der Waals surface area (Å²) in [7, 11) is 0. The van der Waals surface area contributed by atoms with Crippen LogP contribution in [0.2, 0.25) is 5.02 Å². The predicted molar refractivity (Wildman–Crippen MR) is 81.4 cm³/mol. The van der Waals surface area contributed by atoms with Crippen molar-refractivity contribution in [2.45, 2.75) is 19.1 Å². The summed E-state index contributed by atoms with van der Waals surface area (Å²) in [4.78, 5) is 0. The minimum Gasteiger partial charge on any atom is -0.320 e. The molecule has 0 heterocycles. The molecule has 2 rings (SSSR count). The summed E-state index contributed by atoms with van der Waals surface area (Å²) in [5, 5.41) is 0.533. The highest BCUT2D eigenvalue weighted by Crippen LogP contribution is 2.35. The van der Waals surface area contributed by atoms with E-state index < -0.39 is 17.8 Å². The van der Waals surface area contributed by atoms with Crippen molar-refractivity contribution < 1.29 is 13.2 Å². The molecule has 2 aromatic carbocycles. The fourth-order valence-electron chi connectivity index (χ4n) is 1.94. The summed E-state index contributed by atoms with van der Waals surface area (Å²) in [6.07, 6.45) is -4.40. The van der Waals surface area contributed by atoms with Gasteiger partial charge in [-0.2, -0.15) is 13.2 Å². The van der Waals surface area contributed by atoms with Gasteiger partial charge in [0.25, 0.3) is 0 Å². The van der Waals surface area contributed by atoms with Crippen LogP contribution in [0.15, 0.2) is 40.9 Å². The van der Waals surface area contributed by atoms with E-state index in [-0.39, 0.29) is 0 Å². The van der Waals surface area contributed by atoms with Crippen molar-refractivity contribution in [1.82, 2.24) is 0 Å². The van der Waals surface area contributed by atoms with Gasteiger partial charge in [-0.15, -0.1) is 0 Å². The molecule has 1 unspecified atom stereocenters. The third-order valence-electron chi connectivity index (χ3n) is 3.21. The van der Waals surface area contributed by atoms with Crippen molar-refractivity contribution in [2.75, 3.05) is 0 Å². The van der Waals surface area contributed by atoms with Gasteiger partial charge in [-0.25, -0.2) is 0 Å². The maximum absolute atomic E-state index is 12.8. The lowest BCUT2D eigenvalue weighted by atomic mass is 9.97. The molecule has 0 aliphatic heterocycles. The maximum atomic E-state index is 12.8. The monoisotopic (exact) mass is 377 g/mol. The number of rotatable bonds is 2. The molecule has 0 spiro atoms. The van der Waals surface area contributed by atoms with Gasteiger partial charge in [0.15, 0.2) is 0 Å². The zero-order chi connectivity index (χ0) is 15.8. The average molecular weight is 379 g/mol. The van der Waals surface area contributed by atoms with E-state index >= 15 is 0 Å². The maximum Gasteiger partial charge on any atom is 0.416 e. The normalized spacial score (nSPS) is 13.3. The number of benzene rings is 2. The molecule has 1 atom stereocenters. The molecule has 6 heteroatoms. The van der Waals surface area contributed by atoms with Gasteiger partial charge >= 0.3 is 6.18 Å². The second kappa shape index (κ2) is 5.99. The number of nitrogens with two attached hydrogens (primary N) is 1. The highest BCUT2D eigenvalue weighted by molar-refractivity contribution is 9.10. The molecule has 21 heavy (non-hydrogen) atoms. The fraction of sp³-hybridized carbons (Fsp3) is 0.200. The molecule has 2 aromatic rings. The molecule has 112 valence electrons. The standard InChI is InChI=1S/C15H12BrClF3N/c1-8-2-3-9(6-13(8)17)14(21)11-7-10(15(18,19)20)4-5-12(11)16/h2-7,14H,21H2,1H3. The Hall–Kier alpha value is -1.04. The summed E-state index contributed by atoms with van der Waals surface area (Å²) in [5.74, 6) is 0. The molecular formula is C15H12BrClF3N. The molecule has 0 saturated heterocycles. The molecule has 2 N–H and O–H groups in total. The second-order valence-corrected chi connectivity index (χ2v) is 5.98. The number of hydrogen-bond donors (Lipinski definition) is 1. The molecule has 0 saturated carbocycles. The van der Waals surface area contributed by atoms with Crippen LogP contribution in [0.4, 0.5) is 13.2 Å². The van der Waals surface area contributed by atoms with Crippen LogP contribution in [-0.2, 0) is 6.18 Å². The molecule has 0 fully saturated rings. The van der Waals surface area contributed by atoms with Crippen molar-refractivity contribution >= 4 is 27.5 Å². The van der Waals surface area contributed by atoms with Crippen LogP contribution in [0, 0.1) is 6.92 Å². The number of alkyl halides is 3. The Morgan fingerprint density at radius 1 is 1.14 bits per heavy atom. The molecule has 1 nitrogen and oxygen atoms in total. The lowest BCUT2D eigenvalue weighted by molar-refractivity contribution is -0.137. The molecule has 0 bridgehead atoms. The Morgan fingerprint density at radius 3 is 2.38 bits per heavy atom. The van der Waals surface area contributed by atoms with Crippen molar-refractivity contribution in [3.63, 3.8) is 0 Å². The van der Waals surface area contributed by atoms with E-state index in [1.165, 1.54) is 6.07 Å². The largest absolute Gasteiger partial charge is 0.416 e. The molecule has 0 amide bonds. The van der Waals surface area contributed by atoms with Gasteiger partial charge in [0, 0.05) is 9.50 Å². The van der Waals surface area contributed by atoms with Gasteiger partial charge < -0.3 is 5.73 Å². The predicted octanol–water partition coefficient (Wildman–Crippen LogP) is 5.48. The highest BCUT2D eigenvalue weighted by atomic mass is 79.9. The lowest BCUT2D eigenvalue weighted by Gasteiger charge is -2.17. The summed E-state index contributed by atoms with van der Waals surface area (Å²) in [5.41, 5.74) is 7.27. The molecule has 0 radical (unpaired) electrons. The number of hydrogen-bond acceptors (Lipinski definition) is 1. The zero-order valence-electron chi connectivity index (χ0n) is 11.0. The Balaban J connectivity index is 2.47. The first-order chi connectivity index (χ1) is 9.70. The van der Waals surface area contributed by atoms with E-state index in [1.807, 2.05) is 6.92 Å². The van der Waals surface area contributed by atoms with Crippen LogP contribution in [0.3, 0.4) is 0 Å². The Morgan fingerprint density at radius 2 is 1.81 bits per heavy atom. The van der Waals surface area contributed by atoms with E-state index in [9.17, 15) is 13.2 Å². The van der Waals surface area contributed by atoms with Crippen LogP contribution in [0.25, 0.3) is 0 Å². The van der Waals surface area contributed by atoms with Crippen LogP contribution in [0.5, 0.6) is 0 Å². The van der Waals surface area contributed by atoms with Gasteiger partial charge in [-0.1, -0.05) is 39.7 Å². The molecule has 0 aliphatic carbocycles. The smallest absolute Gasteiger partial charge is 0.320 e. The first-order valence-corrected chi connectivity index (χ1v) is 7.25. The summed E-state index contributed by atoms with van der Waals surface area (Å²) in [6, 6.07) is 7.96. The van der Waals surface area contributed by atoms with Gasteiger partial charge in [-0.3, -0.25) is 0 Å². The molecule has 0 aliphatic rings. The lowest BCUT2D eigenvalue weighted by Crippen LogP contribution is -2.14. The van der Waals surface area contributed by atoms with E-state index in [2.05, 4.69) is 15.9 Å². The van der Waals surface area contributed by atoms with E-state index in [0.717, 1.165) is 17.7 Å². The summed E-state index contributed by atoms with van der Waals surface area (Å²) < 4.78 is 38.9. The van der Waals surface area contributed by atoms with Crippen molar-refractivity contribution in [1.29, 1.82) is 0 Å². The second-order valence-electron chi connectivity index (χ2n) is 4.72. The van der Waals surface area contributed by atoms with E-state index in [0.29, 0.717) is 20.6 Å². The van der Waals surface area contributed by atoms with Gasteiger partial charge in [0.05, 0.1) is 11.6 Å². The van der Waals surface area contributed by atoms with E-state index in [4.69, 9.17) is 17.3 Å². The van der Waals surface area contributed by atoms with Crippen molar-refractivity contribution in [2.24, 2.45) is 5.73 Å². The fourth-order valence-corrected chi connectivity index (χ4v) is 2.62. The van der Waals surface area contributed by atoms with E-state index in [1.54, 1.807) is 18.2 Å². The quantitative estimate of drug-likeness (QED) is 0.736. The Kier molecular flexibility index (Phi) is 4.66. The van der Waals surface area contributed by atoms with Crippen LogP contribution in [-0.4, -0.2) is 0 Å². The van der Waals surface area contributed by atoms with Gasteiger partial charge in [0.1, 0.15) is 0 Å². The summed E-state index contributed by atoms with van der Waals surface area (Å²) >= 11 is 9.29. The van der Waals surface area contributed by atoms with Gasteiger partial charge in [0.2, 0.25) is 0 Å². The van der Waals surface area contributed by atoms with Crippen LogP contribution >= 0.6 is 27.5 Å². The first-order valence-electron chi connectivity index (χ1n) is 6.08. The van der Waals surface area contributed by atoms with Gasteiger partial charge in [-0.05, 0) is 47.9 Å². The topological polar surface area (TPSA) is 26.0 Å². The Bertz CT molecular complexity index is 670. The highest BCUT2D eigenvalue weighted by Gasteiger charge is 2.31. The summed E-state index contributed by atoms with van der Waals surface area (Å²) in [6.45, 7) is 1.85. The average Bonchev–Trinajstić information content (AvgIpc) is 2.40. The van der Waals surface area contributed by atoms with Crippen LogP contribution in [0.1, 0.15) is 28.3 Å². The zero-order valence-corrected chi connectivity index (χ0v) is 13.4. The Labute approximate surface area is 134 Å². The van der Waals surface area contributed by atoms with Crippen molar-refractivity contribution in [3.8, 4) is 0 Å². The third-order valence-corrected chi connectivity index (χ3v) is 4.34. The van der Waals surface area contributed by atoms with Crippen LogP contribution < -0.4 is 5.73 Å². The minimum atomic E-state index is -4.40. The molecular weight excluding hydrogens is 367 g/mol. The van der Waals surface area contributed by atoms with Crippen molar-refractivity contribution in [3.05, 3.63) is 68.1 Å². The minimum absolute atomic E-state index is 0.366. The third kappa shape index (κ3) is 3.59. The first kappa shape index (κ1) is 16.3. The number of aryl methyl sites for hydroxylation is 1. The SMILES string of the molecule is Cc1ccc(C(N)c2cc(C(F)(F)F)ccc2Br)cc1Cl. The molecule has 0 aromatic heterocycles. The number of halogens is 5.